The molecule has 3 fully saturated rings. The Morgan fingerprint density at radius 2 is 1.89 bits per heavy atom. The first-order chi connectivity index (χ1) is 13.3. The monoisotopic (exact) mass is 372 g/mol. The number of piperidine rings is 1. The van der Waals surface area contributed by atoms with E-state index < -0.39 is 0 Å². The molecule has 1 saturated carbocycles. The number of hydrogen-bond acceptors (Lipinski definition) is 6. The predicted octanol–water partition coefficient (Wildman–Crippen LogP) is 0.936. The zero-order valence-electron chi connectivity index (χ0n) is 15.7. The SMILES string of the molecule is O=C(NC1CC1)[C@@H]1CN(C2CCN(c3ccc4c(c3)OCO4)CC2)CCN1. The molecule has 3 heterocycles. The van der Waals surface area contributed by atoms with Crippen LogP contribution >= 0.6 is 0 Å². The Labute approximate surface area is 160 Å². The van der Waals surface area contributed by atoms with Gasteiger partial charge in [0.15, 0.2) is 11.5 Å². The minimum Gasteiger partial charge on any atom is -0.454 e. The van der Waals surface area contributed by atoms with Gasteiger partial charge in [0.05, 0.1) is 6.04 Å². The summed E-state index contributed by atoms with van der Waals surface area (Å²) in [6.07, 6.45) is 4.54. The average Bonchev–Trinajstić information content (AvgIpc) is 3.40. The largest absolute Gasteiger partial charge is 0.454 e. The first-order valence-electron chi connectivity index (χ1n) is 10.2. The van der Waals surface area contributed by atoms with E-state index in [0.717, 1.165) is 69.9 Å². The van der Waals surface area contributed by atoms with Gasteiger partial charge in [0.2, 0.25) is 12.7 Å². The van der Waals surface area contributed by atoms with Crippen LogP contribution in [-0.2, 0) is 4.79 Å². The van der Waals surface area contributed by atoms with Gasteiger partial charge in [0, 0.05) is 56.6 Å². The first-order valence-corrected chi connectivity index (χ1v) is 10.2. The van der Waals surface area contributed by atoms with Crippen LogP contribution in [0.1, 0.15) is 25.7 Å². The van der Waals surface area contributed by atoms with Gasteiger partial charge >= 0.3 is 0 Å². The number of hydrogen-bond donors (Lipinski definition) is 2. The van der Waals surface area contributed by atoms with E-state index >= 15 is 0 Å². The number of fused-ring (bicyclic) bond motifs is 1. The fourth-order valence-corrected chi connectivity index (χ4v) is 4.38. The van der Waals surface area contributed by atoms with E-state index in [4.69, 9.17) is 9.47 Å². The summed E-state index contributed by atoms with van der Waals surface area (Å²) in [6.45, 7) is 5.14. The van der Waals surface area contributed by atoms with Gasteiger partial charge in [-0.1, -0.05) is 0 Å². The minimum atomic E-state index is -0.0637. The van der Waals surface area contributed by atoms with E-state index in [2.05, 4.69) is 32.6 Å². The maximum Gasteiger partial charge on any atom is 0.238 e. The van der Waals surface area contributed by atoms with Gasteiger partial charge in [-0.3, -0.25) is 9.69 Å². The smallest absolute Gasteiger partial charge is 0.238 e. The lowest BCUT2D eigenvalue weighted by Crippen LogP contribution is -2.60. The number of piperazine rings is 1. The number of rotatable bonds is 4. The Hall–Kier alpha value is -1.99. The van der Waals surface area contributed by atoms with Gasteiger partial charge in [0.1, 0.15) is 0 Å². The topological polar surface area (TPSA) is 66.1 Å². The summed E-state index contributed by atoms with van der Waals surface area (Å²) < 4.78 is 10.9. The van der Waals surface area contributed by atoms with Crippen LogP contribution in [0.2, 0.25) is 0 Å². The molecular formula is C20H28N4O3. The molecule has 1 aromatic carbocycles. The zero-order valence-corrected chi connectivity index (χ0v) is 15.7. The molecule has 146 valence electrons. The fourth-order valence-electron chi connectivity index (χ4n) is 4.38. The van der Waals surface area contributed by atoms with Crippen LogP contribution in [0, 0.1) is 0 Å². The van der Waals surface area contributed by atoms with Crippen LogP contribution in [-0.4, -0.2) is 68.4 Å². The molecule has 0 radical (unpaired) electrons. The van der Waals surface area contributed by atoms with Crippen molar-refractivity contribution in [2.24, 2.45) is 0 Å². The van der Waals surface area contributed by atoms with Crippen molar-refractivity contribution in [3.63, 3.8) is 0 Å². The highest BCUT2D eigenvalue weighted by atomic mass is 16.7. The Morgan fingerprint density at radius 1 is 1.07 bits per heavy atom. The Morgan fingerprint density at radius 3 is 2.70 bits per heavy atom. The Bertz CT molecular complexity index is 700. The molecule has 1 aliphatic carbocycles. The maximum absolute atomic E-state index is 12.4. The quantitative estimate of drug-likeness (QED) is 0.820. The highest BCUT2D eigenvalue weighted by Gasteiger charge is 2.33. The number of carbonyl (C=O) groups excluding carboxylic acids is 1. The molecule has 5 rings (SSSR count). The number of nitrogens with one attached hydrogen (secondary N) is 2. The third-order valence-electron chi connectivity index (χ3n) is 6.15. The van der Waals surface area contributed by atoms with Crippen molar-refractivity contribution in [2.75, 3.05) is 44.4 Å². The normalized spacial score (nSPS) is 26.2. The average molecular weight is 372 g/mol. The van der Waals surface area contributed by atoms with Crippen molar-refractivity contribution in [1.29, 1.82) is 0 Å². The molecule has 0 unspecified atom stereocenters. The van der Waals surface area contributed by atoms with E-state index in [1.165, 1.54) is 5.69 Å². The second-order valence-electron chi connectivity index (χ2n) is 8.04. The maximum atomic E-state index is 12.4. The van der Waals surface area contributed by atoms with Crippen molar-refractivity contribution in [3.8, 4) is 11.5 Å². The fraction of sp³-hybridized carbons (Fsp3) is 0.650. The highest BCUT2D eigenvalue weighted by molar-refractivity contribution is 5.82. The second kappa shape index (κ2) is 7.20. The summed E-state index contributed by atoms with van der Waals surface area (Å²) in [5.74, 6) is 1.87. The summed E-state index contributed by atoms with van der Waals surface area (Å²) in [5, 5.41) is 6.53. The Balaban J connectivity index is 1.16. The van der Waals surface area contributed by atoms with Crippen LogP contribution in [0.4, 0.5) is 5.69 Å². The van der Waals surface area contributed by atoms with Crippen LogP contribution in [0.15, 0.2) is 18.2 Å². The van der Waals surface area contributed by atoms with Gasteiger partial charge < -0.3 is 25.0 Å². The van der Waals surface area contributed by atoms with Crippen LogP contribution in [0.25, 0.3) is 0 Å². The summed E-state index contributed by atoms with van der Waals surface area (Å²) in [5.41, 5.74) is 1.21. The molecular weight excluding hydrogens is 344 g/mol. The summed E-state index contributed by atoms with van der Waals surface area (Å²) in [7, 11) is 0. The van der Waals surface area contributed by atoms with Gasteiger partial charge in [-0.15, -0.1) is 0 Å². The van der Waals surface area contributed by atoms with Crippen molar-refractivity contribution in [2.45, 2.75) is 43.8 Å². The van der Waals surface area contributed by atoms with Gasteiger partial charge in [-0.2, -0.15) is 0 Å². The van der Waals surface area contributed by atoms with Crippen molar-refractivity contribution >= 4 is 11.6 Å². The molecule has 3 aliphatic heterocycles. The molecule has 4 aliphatic rings. The molecule has 0 aromatic heterocycles. The summed E-state index contributed by atoms with van der Waals surface area (Å²) in [6, 6.07) is 7.14. The number of nitrogens with zero attached hydrogens (tertiary/aromatic N) is 2. The van der Waals surface area contributed by atoms with Gasteiger partial charge in [-0.05, 0) is 37.8 Å². The molecule has 0 bridgehead atoms. The van der Waals surface area contributed by atoms with Crippen molar-refractivity contribution in [3.05, 3.63) is 18.2 Å². The number of ether oxygens (including phenoxy) is 2. The van der Waals surface area contributed by atoms with E-state index in [0.29, 0.717) is 18.9 Å². The number of amides is 1. The van der Waals surface area contributed by atoms with Crippen LogP contribution in [0.5, 0.6) is 11.5 Å². The van der Waals surface area contributed by atoms with Gasteiger partial charge in [-0.25, -0.2) is 0 Å². The Kier molecular flexibility index (Phi) is 4.57. The lowest BCUT2D eigenvalue weighted by molar-refractivity contribution is -0.124. The minimum absolute atomic E-state index is 0.0637. The van der Waals surface area contributed by atoms with E-state index in [1.807, 2.05) is 6.07 Å². The standard InChI is InChI=1S/C20H28N4O3/c25-20(22-14-1-2-14)17-12-24(10-7-21-17)15-5-8-23(9-6-15)16-3-4-18-19(11-16)27-13-26-18/h3-4,11,14-15,17,21H,1-2,5-10,12-13H2,(H,22,25)/t17-/m0/s1. The molecule has 1 aromatic rings. The molecule has 1 atom stereocenters. The van der Waals surface area contributed by atoms with Gasteiger partial charge in [0.25, 0.3) is 0 Å². The molecule has 7 heteroatoms. The zero-order chi connectivity index (χ0) is 18.2. The summed E-state index contributed by atoms with van der Waals surface area (Å²) >= 11 is 0. The predicted molar refractivity (Wildman–Crippen MR) is 102 cm³/mol. The molecule has 2 N–H and O–H groups in total. The van der Waals surface area contributed by atoms with Crippen molar-refractivity contribution in [1.82, 2.24) is 15.5 Å². The molecule has 27 heavy (non-hydrogen) atoms. The summed E-state index contributed by atoms with van der Waals surface area (Å²) in [4.78, 5) is 17.3. The highest BCUT2D eigenvalue weighted by Crippen LogP contribution is 2.36. The molecule has 7 nitrogen and oxygen atoms in total. The number of carbonyl (C=O) groups is 1. The third-order valence-corrected chi connectivity index (χ3v) is 6.15. The molecule has 0 spiro atoms. The second-order valence-corrected chi connectivity index (χ2v) is 8.04. The van der Waals surface area contributed by atoms with E-state index in [9.17, 15) is 4.79 Å². The lowest BCUT2D eigenvalue weighted by atomic mass is 10.0. The molecule has 1 amide bonds. The van der Waals surface area contributed by atoms with Crippen LogP contribution < -0.4 is 25.0 Å². The molecule has 2 saturated heterocycles. The van der Waals surface area contributed by atoms with Crippen LogP contribution in [0.3, 0.4) is 0 Å². The third kappa shape index (κ3) is 3.71. The number of benzene rings is 1. The van der Waals surface area contributed by atoms with E-state index in [-0.39, 0.29) is 11.9 Å². The first kappa shape index (κ1) is 17.1. The number of anilines is 1. The van der Waals surface area contributed by atoms with Crippen molar-refractivity contribution < 1.29 is 14.3 Å². The lowest BCUT2D eigenvalue weighted by Gasteiger charge is -2.42. The van der Waals surface area contributed by atoms with E-state index in [1.54, 1.807) is 0 Å².